The quantitative estimate of drug-likeness (QED) is 0.472. The van der Waals surface area contributed by atoms with Gasteiger partial charge in [0.25, 0.3) is 0 Å². The molecule has 0 fully saturated rings. The van der Waals surface area contributed by atoms with E-state index in [0.29, 0.717) is 17.5 Å². The average molecular weight is 475 g/mol. The number of esters is 1. The van der Waals surface area contributed by atoms with Crippen LogP contribution in [0.15, 0.2) is 73.1 Å². The number of methoxy groups -OCH3 is 1. The van der Waals surface area contributed by atoms with Gasteiger partial charge in [-0.2, -0.15) is 0 Å². The maximum absolute atomic E-state index is 13.4. The fourth-order valence-corrected chi connectivity index (χ4v) is 3.61. The molecule has 7 heteroatoms. The molecule has 1 atom stereocenters. The summed E-state index contributed by atoms with van der Waals surface area (Å²) in [4.78, 5) is 42.2. The molecule has 0 bridgehead atoms. The second kappa shape index (κ2) is 11.4. The van der Waals surface area contributed by atoms with E-state index in [4.69, 9.17) is 9.47 Å². The SMILES string of the molecule is COC(=O)c1cc(CC(=O)[C@H](Cc2ccccc2)NC(=O)OC(C)(C)C)cc(-c2ccncc2)c1. The molecule has 0 unspecified atom stereocenters. The van der Waals surface area contributed by atoms with Gasteiger partial charge in [-0.05, 0) is 73.7 Å². The first-order valence-corrected chi connectivity index (χ1v) is 11.3. The lowest BCUT2D eigenvalue weighted by Crippen LogP contribution is -2.45. The number of ether oxygens (including phenoxy) is 2. The summed E-state index contributed by atoms with van der Waals surface area (Å²) in [6.45, 7) is 5.29. The molecule has 1 heterocycles. The Balaban J connectivity index is 1.89. The lowest BCUT2D eigenvalue weighted by atomic mass is 9.94. The maximum atomic E-state index is 13.4. The third-order valence-corrected chi connectivity index (χ3v) is 5.17. The van der Waals surface area contributed by atoms with Gasteiger partial charge in [0.2, 0.25) is 0 Å². The maximum Gasteiger partial charge on any atom is 0.408 e. The van der Waals surface area contributed by atoms with Gasteiger partial charge in [-0.25, -0.2) is 9.59 Å². The Morgan fingerprint density at radius 1 is 0.914 bits per heavy atom. The van der Waals surface area contributed by atoms with Crippen molar-refractivity contribution in [2.45, 2.75) is 45.3 Å². The number of aromatic nitrogens is 1. The summed E-state index contributed by atoms with van der Waals surface area (Å²) in [5.41, 5.74) is 2.80. The highest BCUT2D eigenvalue weighted by molar-refractivity contribution is 5.93. The molecule has 3 rings (SSSR count). The van der Waals surface area contributed by atoms with Crippen molar-refractivity contribution >= 4 is 17.8 Å². The molecule has 1 N–H and O–H groups in total. The fourth-order valence-electron chi connectivity index (χ4n) is 3.61. The summed E-state index contributed by atoms with van der Waals surface area (Å²) in [6, 6.07) is 17.5. The number of hydrogen-bond acceptors (Lipinski definition) is 6. The number of pyridine rings is 1. The van der Waals surface area contributed by atoms with E-state index in [9.17, 15) is 14.4 Å². The van der Waals surface area contributed by atoms with E-state index in [1.54, 1.807) is 45.3 Å². The molecule has 0 saturated heterocycles. The highest BCUT2D eigenvalue weighted by atomic mass is 16.6. The predicted molar refractivity (Wildman–Crippen MR) is 133 cm³/mol. The Labute approximate surface area is 205 Å². The molecule has 0 aliphatic rings. The second-order valence-corrected chi connectivity index (χ2v) is 9.18. The second-order valence-electron chi connectivity index (χ2n) is 9.18. The molecule has 1 amide bonds. The van der Waals surface area contributed by atoms with Crippen LogP contribution in [0.25, 0.3) is 11.1 Å². The van der Waals surface area contributed by atoms with Crippen molar-refractivity contribution in [1.29, 1.82) is 0 Å². The average Bonchev–Trinajstić information content (AvgIpc) is 2.83. The van der Waals surface area contributed by atoms with Crippen molar-refractivity contribution in [1.82, 2.24) is 10.3 Å². The van der Waals surface area contributed by atoms with Crippen molar-refractivity contribution in [3.05, 3.63) is 89.7 Å². The Morgan fingerprint density at radius 3 is 2.23 bits per heavy atom. The Kier molecular flexibility index (Phi) is 8.36. The molecule has 0 saturated carbocycles. The van der Waals surface area contributed by atoms with Crippen LogP contribution in [0.4, 0.5) is 4.79 Å². The van der Waals surface area contributed by atoms with Gasteiger partial charge in [0.15, 0.2) is 5.78 Å². The Hall–Kier alpha value is -4.00. The number of rotatable bonds is 8. The van der Waals surface area contributed by atoms with Gasteiger partial charge >= 0.3 is 12.1 Å². The van der Waals surface area contributed by atoms with Crippen LogP contribution >= 0.6 is 0 Å². The summed E-state index contributed by atoms with van der Waals surface area (Å²) < 4.78 is 10.3. The number of hydrogen-bond donors (Lipinski definition) is 1. The molecular formula is C28H30N2O5. The standard InChI is InChI=1S/C28H30N2O5/c1-28(2,3)35-27(33)30-24(16-19-8-6-5-7-9-19)25(31)17-20-14-22(21-10-12-29-13-11-21)18-23(15-20)26(32)34-4/h5-15,18,24H,16-17H2,1-4H3,(H,30,33)/t24-/m0/s1. The number of carbonyl (C=O) groups excluding carboxylic acids is 3. The number of Topliss-reactive ketones (excluding diaryl/α,β-unsaturated/α-hetero) is 1. The molecular weight excluding hydrogens is 444 g/mol. The lowest BCUT2D eigenvalue weighted by Gasteiger charge is -2.23. The minimum absolute atomic E-state index is 0.0101. The number of alkyl carbamates (subject to hydrolysis) is 1. The first kappa shape index (κ1) is 25.6. The smallest absolute Gasteiger partial charge is 0.408 e. The van der Waals surface area contributed by atoms with Gasteiger partial charge in [-0.15, -0.1) is 0 Å². The van der Waals surface area contributed by atoms with Gasteiger partial charge in [0.1, 0.15) is 5.60 Å². The van der Waals surface area contributed by atoms with Crippen LogP contribution in [0.1, 0.15) is 42.3 Å². The van der Waals surface area contributed by atoms with E-state index in [2.05, 4.69) is 10.3 Å². The van der Waals surface area contributed by atoms with Crippen molar-refractivity contribution in [2.75, 3.05) is 7.11 Å². The summed E-state index contributed by atoms with van der Waals surface area (Å²) in [5.74, 6) is -0.704. The largest absolute Gasteiger partial charge is 0.465 e. The van der Waals surface area contributed by atoms with E-state index < -0.39 is 23.7 Å². The molecule has 0 spiro atoms. The molecule has 0 aliphatic heterocycles. The zero-order valence-electron chi connectivity index (χ0n) is 20.4. The van der Waals surface area contributed by atoms with E-state index >= 15 is 0 Å². The topological polar surface area (TPSA) is 94.6 Å². The predicted octanol–water partition coefficient (Wildman–Crippen LogP) is 4.78. The van der Waals surface area contributed by atoms with Crippen LogP contribution in [-0.2, 0) is 27.1 Å². The van der Waals surface area contributed by atoms with Gasteiger partial charge < -0.3 is 14.8 Å². The zero-order chi connectivity index (χ0) is 25.4. The van der Waals surface area contributed by atoms with Gasteiger partial charge in [0, 0.05) is 18.8 Å². The van der Waals surface area contributed by atoms with Crippen LogP contribution < -0.4 is 5.32 Å². The summed E-state index contributed by atoms with van der Waals surface area (Å²) >= 11 is 0. The van der Waals surface area contributed by atoms with E-state index in [1.165, 1.54) is 7.11 Å². The number of ketones is 1. The van der Waals surface area contributed by atoms with Crippen LogP contribution in [-0.4, -0.2) is 41.6 Å². The summed E-state index contributed by atoms with van der Waals surface area (Å²) in [5, 5.41) is 2.73. The number of nitrogens with zero attached hydrogens (tertiary/aromatic N) is 1. The van der Waals surface area contributed by atoms with E-state index in [0.717, 1.165) is 16.7 Å². The monoisotopic (exact) mass is 474 g/mol. The van der Waals surface area contributed by atoms with Crippen LogP contribution in [0.3, 0.4) is 0 Å². The van der Waals surface area contributed by atoms with E-state index in [-0.39, 0.29) is 12.2 Å². The Morgan fingerprint density at radius 2 is 1.60 bits per heavy atom. The third-order valence-electron chi connectivity index (χ3n) is 5.17. The number of nitrogens with one attached hydrogen (secondary N) is 1. The van der Waals surface area contributed by atoms with E-state index in [1.807, 2.05) is 48.5 Å². The highest BCUT2D eigenvalue weighted by Crippen LogP contribution is 2.23. The molecule has 1 aromatic heterocycles. The summed E-state index contributed by atoms with van der Waals surface area (Å²) in [6.07, 6.45) is 2.98. The van der Waals surface area contributed by atoms with Gasteiger partial charge in [0.05, 0.1) is 18.7 Å². The number of carbonyl (C=O) groups is 3. The van der Waals surface area contributed by atoms with Crippen LogP contribution in [0, 0.1) is 0 Å². The van der Waals surface area contributed by atoms with Gasteiger partial charge in [-0.3, -0.25) is 9.78 Å². The number of benzene rings is 2. The van der Waals surface area contributed by atoms with Crippen molar-refractivity contribution in [3.8, 4) is 11.1 Å². The molecule has 182 valence electrons. The third kappa shape index (κ3) is 7.78. The summed E-state index contributed by atoms with van der Waals surface area (Å²) in [7, 11) is 1.31. The van der Waals surface area contributed by atoms with Crippen molar-refractivity contribution < 1.29 is 23.9 Å². The molecule has 7 nitrogen and oxygen atoms in total. The number of amides is 1. The Bertz CT molecular complexity index is 1170. The lowest BCUT2D eigenvalue weighted by molar-refractivity contribution is -0.120. The van der Waals surface area contributed by atoms with Crippen molar-refractivity contribution in [2.24, 2.45) is 0 Å². The fraction of sp³-hybridized carbons (Fsp3) is 0.286. The van der Waals surface area contributed by atoms with Crippen LogP contribution in [0.5, 0.6) is 0 Å². The van der Waals surface area contributed by atoms with Crippen LogP contribution in [0.2, 0.25) is 0 Å². The molecule has 35 heavy (non-hydrogen) atoms. The van der Waals surface area contributed by atoms with Gasteiger partial charge in [-0.1, -0.05) is 36.4 Å². The molecule has 2 aromatic carbocycles. The van der Waals surface area contributed by atoms with Crippen molar-refractivity contribution in [3.63, 3.8) is 0 Å². The first-order valence-electron chi connectivity index (χ1n) is 11.3. The zero-order valence-corrected chi connectivity index (χ0v) is 20.4. The molecule has 3 aromatic rings. The normalized spacial score (nSPS) is 11.9. The first-order chi connectivity index (χ1) is 16.6. The molecule has 0 aliphatic carbocycles. The molecule has 0 radical (unpaired) electrons. The highest BCUT2D eigenvalue weighted by Gasteiger charge is 2.25. The minimum atomic E-state index is -0.807. The minimum Gasteiger partial charge on any atom is -0.465 e.